The average Bonchev–Trinajstić information content (AvgIpc) is 3.36. The lowest BCUT2D eigenvalue weighted by Gasteiger charge is -2.20. The van der Waals surface area contributed by atoms with Crippen LogP contribution in [0.5, 0.6) is 0 Å². The van der Waals surface area contributed by atoms with Crippen molar-refractivity contribution < 1.29 is 18.0 Å². The molecule has 0 saturated carbocycles. The first-order chi connectivity index (χ1) is 14.3. The minimum atomic E-state index is -4.18. The number of alkyl halides is 3. The maximum Gasteiger partial charge on any atom is 0.401 e. The predicted octanol–water partition coefficient (Wildman–Crippen LogP) is 2.62. The van der Waals surface area contributed by atoms with E-state index in [0.717, 1.165) is 37.2 Å². The number of anilines is 1. The van der Waals surface area contributed by atoms with E-state index in [2.05, 4.69) is 20.9 Å². The summed E-state index contributed by atoms with van der Waals surface area (Å²) in [5, 5.41) is 9.30. The van der Waals surface area contributed by atoms with Crippen LogP contribution in [0.15, 0.2) is 29.3 Å². The molecule has 7 nitrogen and oxygen atoms in total. The molecule has 0 aliphatic carbocycles. The van der Waals surface area contributed by atoms with Crippen LogP contribution in [0, 0.1) is 0 Å². The van der Waals surface area contributed by atoms with Gasteiger partial charge in [0.15, 0.2) is 5.96 Å². The average molecular weight is 426 g/mol. The Hall–Kier alpha value is -2.49. The molecule has 0 bridgehead atoms. The number of carbonyl (C=O) groups is 1. The lowest BCUT2D eigenvalue weighted by atomic mass is 10.2. The third-order valence-electron chi connectivity index (χ3n) is 5.27. The number of hydrogen-bond donors (Lipinski definition) is 3. The van der Waals surface area contributed by atoms with Gasteiger partial charge in [-0.3, -0.25) is 9.89 Å². The Morgan fingerprint density at radius 2 is 2.00 bits per heavy atom. The molecule has 2 aliphatic rings. The Kier molecular flexibility index (Phi) is 7.41. The molecule has 2 aliphatic heterocycles. The van der Waals surface area contributed by atoms with E-state index in [9.17, 15) is 18.0 Å². The summed E-state index contributed by atoms with van der Waals surface area (Å²) in [6, 6.07) is 7.39. The minimum absolute atomic E-state index is 0.0790. The van der Waals surface area contributed by atoms with E-state index < -0.39 is 12.7 Å². The molecule has 2 heterocycles. The van der Waals surface area contributed by atoms with Crippen molar-refractivity contribution in [1.29, 1.82) is 0 Å². The molecule has 2 fully saturated rings. The van der Waals surface area contributed by atoms with Gasteiger partial charge in [-0.2, -0.15) is 13.2 Å². The van der Waals surface area contributed by atoms with Gasteiger partial charge < -0.3 is 20.9 Å². The summed E-state index contributed by atoms with van der Waals surface area (Å²) in [6.45, 7) is 1.91. The first-order valence-electron chi connectivity index (χ1n) is 10.2. The molecule has 0 radical (unpaired) electrons. The number of carbonyl (C=O) groups excluding carboxylic acids is 1. The highest BCUT2D eigenvalue weighted by molar-refractivity contribution is 5.89. The maximum absolute atomic E-state index is 12.5. The van der Waals surface area contributed by atoms with Crippen molar-refractivity contribution >= 4 is 17.7 Å². The number of benzene rings is 1. The summed E-state index contributed by atoms with van der Waals surface area (Å²) in [5.74, 6) is 0.542. The molecular weight excluding hydrogens is 397 g/mol. The third-order valence-corrected chi connectivity index (χ3v) is 5.27. The van der Waals surface area contributed by atoms with Crippen LogP contribution in [0.3, 0.4) is 0 Å². The van der Waals surface area contributed by atoms with E-state index in [1.807, 2.05) is 24.3 Å². The van der Waals surface area contributed by atoms with Gasteiger partial charge in [-0.1, -0.05) is 12.1 Å². The molecule has 0 aromatic heterocycles. The normalized spacial score (nSPS) is 20.5. The molecule has 1 atom stereocenters. The summed E-state index contributed by atoms with van der Waals surface area (Å²) in [7, 11) is 1.63. The van der Waals surface area contributed by atoms with Gasteiger partial charge in [-0.15, -0.1) is 0 Å². The van der Waals surface area contributed by atoms with Gasteiger partial charge in [0.2, 0.25) is 0 Å². The summed E-state index contributed by atoms with van der Waals surface area (Å²) in [6.07, 6.45) is -1.46. The predicted molar refractivity (Wildman–Crippen MR) is 111 cm³/mol. The Morgan fingerprint density at radius 1 is 1.23 bits per heavy atom. The topological polar surface area (TPSA) is 72.0 Å². The van der Waals surface area contributed by atoms with Crippen LogP contribution in [0.2, 0.25) is 0 Å². The molecule has 2 saturated heterocycles. The van der Waals surface area contributed by atoms with Crippen molar-refractivity contribution in [3.63, 3.8) is 0 Å². The quantitative estimate of drug-likeness (QED) is 0.500. The van der Waals surface area contributed by atoms with Gasteiger partial charge in [0.25, 0.3) is 0 Å². The summed E-state index contributed by atoms with van der Waals surface area (Å²) < 4.78 is 37.6. The molecule has 1 aromatic carbocycles. The third kappa shape index (κ3) is 6.79. The van der Waals surface area contributed by atoms with Crippen LogP contribution in [0.4, 0.5) is 23.7 Å². The lowest BCUT2D eigenvalue weighted by molar-refractivity contribution is -0.143. The Balaban J connectivity index is 1.46. The van der Waals surface area contributed by atoms with Crippen LogP contribution in [0.1, 0.15) is 24.8 Å². The highest BCUT2D eigenvalue weighted by Gasteiger charge is 2.34. The standard InChI is InChI=1S/C20H29F3N6O/c1-24-18(26-17-7-10-28(13-17)14-20(21,22)23)25-12-15-5-4-6-16(11-15)27-19(30)29-8-2-3-9-29/h4-6,11,17H,2-3,7-10,12-14H2,1H3,(H,27,30)(H2,24,25,26). The molecule has 10 heteroatoms. The van der Waals surface area contributed by atoms with Crippen LogP contribution in [-0.4, -0.2) is 73.8 Å². The molecule has 1 unspecified atom stereocenters. The number of rotatable bonds is 5. The van der Waals surface area contributed by atoms with Crippen molar-refractivity contribution in [2.45, 2.75) is 38.0 Å². The van der Waals surface area contributed by atoms with Gasteiger partial charge in [-0.25, -0.2) is 4.79 Å². The van der Waals surface area contributed by atoms with Crippen molar-refractivity contribution in [3.8, 4) is 0 Å². The van der Waals surface area contributed by atoms with E-state index in [1.165, 1.54) is 4.90 Å². The first-order valence-corrected chi connectivity index (χ1v) is 10.2. The Morgan fingerprint density at radius 3 is 2.70 bits per heavy atom. The van der Waals surface area contributed by atoms with Gasteiger partial charge in [0, 0.05) is 51.5 Å². The summed E-state index contributed by atoms with van der Waals surface area (Å²) in [4.78, 5) is 19.6. The van der Waals surface area contributed by atoms with E-state index in [4.69, 9.17) is 0 Å². The molecule has 3 N–H and O–H groups in total. The van der Waals surface area contributed by atoms with E-state index in [1.54, 1.807) is 11.9 Å². The van der Waals surface area contributed by atoms with Crippen LogP contribution in [-0.2, 0) is 6.54 Å². The number of hydrogen-bond acceptors (Lipinski definition) is 3. The highest BCUT2D eigenvalue weighted by Crippen LogP contribution is 2.20. The number of nitrogens with one attached hydrogen (secondary N) is 3. The van der Waals surface area contributed by atoms with Gasteiger partial charge >= 0.3 is 12.2 Å². The van der Waals surface area contributed by atoms with Crippen molar-refractivity contribution in [2.75, 3.05) is 45.1 Å². The zero-order valence-electron chi connectivity index (χ0n) is 17.1. The fraction of sp³-hybridized carbons (Fsp3) is 0.600. The number of halogens is 3. The number of guanidine groups is 1. The lowest BCUT2D eigenvalue weighted by Crippen LogP contribution is -2.44. The van der Waals surface area contributed by atoms with Crippen molar-refractivity contribution in [2.24, 2.45) is 4.99 Å². The van der Waals surface area contributed by atoms with Crippen molar-refractivity contribution in [1.82, 2.24) is 20.4 Å². The maximum atomic E-state index is 12.5. The molecule has 1 aromatic rings. The summed E-state index contributed by atoms with van der Waals surface area (Å²) >= 11 is 0. The summed E-state index contributed by atoms with van der Waals surface area (Å²) in [5.41, 5.74) is 1.69. The molecule has 166 valence electrons. The van der Waals surface area contributed by atoms with E-state index in [-0.39, 0.29) is 12.1 Å². The minimum Gasteiger partial charge on any atom is -0.352 e. The molecule has 3 rings (SSSR count). The van der Waals surface area contributed by atoms with Crippen LogP contribution < -0.4 is 16.0 Å². The molecular formula is C20H29F3N6O. The van der Waals surface area contributed by atoms with E-state index >= 15 is 0 Å². The smallest absolute Gasteiger partial charge is 0.352 e. The second-order valence-electron chi connectivity index (χ2n) is 7.73. The van der Waals surface area contributed by atoms with E-state index in [0.29, 0.717) is 32.0 Å². The monoisotopic (exact) mass is 426 g/mol. The molecule has 30 heavy (non-hydrogen) atoms. The fourth-order valence-corrected chi connectivity index (χ4v) is 3.80. The number of aliphatic imine (C=N–C) groups is 1. The van der Waals surface area contributed by atoms with Crippen molar-refractivity contribution in [3.05, 3.63) is 29.8 Å². The SMILES string of the molecule is CN=C(NCc1cccc(NC(=O)N2CCCC2)c1)NC1CCN(CC(F)(F)F)C1. The van der Waals surface area contributed by atoms with Crippen LogP contribution >= 0.6 is 0 Å². The zero-order valence-corrected chi connectivity index (χ0v) is 17.1. The molecule has 2 amide bonds. The second-order valence-corrected chi connectivity index (χ2v) is 7.73. The number of likely N-dealkylation sites (tertiary alicyclic amines) is 2. The first kappa shape index (κ1) is 22.2. The second kappa shape index (κ2) is 10.0. The number of urea groups is 1. The number of amides is 2. The number of nitrogens with zero attached hydrogens (tertiary/aromatic N) is 3. The van der Waals surface area contributed by atoms with Gasteiger partial charge in [0.1, 0.15) is 0 Å². The fourth-order valence-electron chi connectivity index (χ4n) is 3.80. The van der Waals surface area contributed by atoms with Crippen LogP contribution in [0.25, 0.3) is 0 Å². The van der Waals surface area contributed by atoms with Gasteiger partial charge in [0.05, 0.1) is 6.54 Å². The Labute approximate surface area is 174 Å². The highest BCUT2D eigenvalue weighted by atomic mass is 19.4. The van der Waals surface area contributed by atoms with Gasteiger partial charge in [-0.05, 0) is 37.0 Å². The zero-order chi connectivity index (χ0) is 21.6. The largest absolute Gasteiger partial charge is 0.401 e. The molecule has 0 spiro atoms. The Bertz CT molecular complexity index is 748.